The van der Waals surface area contributed by atoms with Crippen molar-refractivity contribution in [3.8, 4) is 0 Å². The van der Waals surface area contributed by atoms with Gasteiger partial charge >= 0.3 is 6.18 Å². The highest BCUT2D eigenvalue weighted by Gasteiger charge is 2.32. The van der Waals surface area contributed by atoms with Crippen molar-refractivity contribution in [2.45, 2.75) is 25.1 Å². The summed E-state index contributed by atoms with van der Waals surface area (Å²) in [6.45, 7) is 2.70. The number of alkyl halides is 3. The van der Waals surface area contributed by atoms with Crippen molar-refractivity contribution in [3.63, 3.8) is 0 Å². The average Bonchev–Trinajstić information content (AvgIpc) is 2.34. The molecule has 0 atom stereocenters. The van der Waals surface area contributed by atoms with Gasteiger partial charge in [-0.3, -0.25) is 4.90 Å². The number of ether oxygens (including phenoxy) is 2. The number of piperidine rings is 1. The van der Waals surface area contributed by atoms with Crippen molar-refractivity contribution < 1.29 is 22.6 Å². The molecule has 0 aliphatic carbocycles. The van der Waals surface area contributed by atoms with Crippen LogP contribution in [-0.4, -0.2) is 70.2 Å². The second-order valence-corrected chi connectivity index (χ2v) is 4.72. The van der Waals surface area contributed by atoms with E-state index in [0.29, 0.717) is 39.0 Å². The number of methoxy groups -OCH3 is 1. The Morgan fingerprint density at radius 3 is 2.42 bits per heavy atom. The van der Waals surface area contributed by atoms with E-state index in [2.05, 4.69) is 5.32 Å². The summed E-state index contributed by atoms with van der Waals surface area (Å²) in [4.78, 5) is 1.47. The Morgan fingerprint density at radius 2 is 1.84 bits per heavy atom. The number of rotatable bonds is 8. The number of nitrogens with zero attached hydrogens (tertiary/aromatic N) is 1. The molecular weight excluding hydrogens is 261 g/mol. The van der Waals surface area contributed by atoms with Gasteiger partial charge in [-0.05, 0) is 25.9 Å². The molecule has 0 spiro atoms. The maximum absolute atomic E-state index is 12.2. The molecule has 1 heterocycles. The average molecular weight is 284 g/mol. The lowest BCUT2D eigenvalue weighted by molar-refractivity contribution is -0.148. The van der Waals surface area contributed by atoms with Crippen molar-refractivity contribution >= 4 is 0 Å². The SMILES string of the molecule is COCCOCCNC1CCN(CC(F)(F)F)CC1. The molecule has 1 fully saturated rings. The molecule has 1 rings (SSSR count). The number of hydrogen-bond acceptors (Lipinski definition) is 4. The van der Waals surface area contributed by atoms with E-state index in [4.69, 9.17) is 9.47 Å². The highest BCUT2D eigenvalue weighted by atomic mass is 19.4. The van der Waals surface area contributed by atoms with Crippen LogP contribution in [0.1, 0.15) is 12.8 Å². The molecule has 0 aromatic carbocycles. The van der Waals surface area contributed by atoms with Gasteiger partial charge in [-0.2, -0.15) is 13.2 Å². The fourth-order valence-electron chi connectivity index (χ4n) is 2.13. The van der Waals surface area contributed by atoms with Crippen LogP contribution in [0.4, 0.5) is 13.2 Å². The van der Waals surface area contributed by atoms with Gasteiger partial charge < -0.3 is 14.8 Å². The fraction of sp³-hybridized carbons (Fsp3) is 1.00. The monoisotopic (exact) mass is 284 g/mol. The van der Waals surface area contributed by atoms with Crippen LogP contribution in [0, 0.1) is 0 Å². The van der Waals surface area contributed by atoms with E-state index >= 15 is 0 Å². The topological polar surface area (TPSA) is 33.7 Å². The first kappa shape index (κ1) is 16.7. The molecule has 19 heavy (non-hydrogen) atoms. The molecule has 0 aromatic rings. The molecule has 0 amide bonds. The summed E-state index contributed by atoms with van der Waals surface area (Å²) in [7, 11) is 1.62. The van der Waals surface area contributed by atoms with E-state index in [1.54, 1.807) is 7.11 Å². The highest BCUT2D eigenvalue weighted by Crippen LogP contribution is 2.19. The van der Waals surface area contributed by atoms with Crippen LogP contribution in [0.25, 0.3) is 0 Å². The highest BCUT2D eigenvalue weighted by molar-refractivity contribution is 4.78. The summed E-state index contributed by atoms with van der Waals surface area (Å²) in [5.41, 5.74) is 0. The predicted octanol–water partition coefficient (Wildman–Crippen LogP) is 1.27. The van der Waals surface area contributed by atoms with Crippen molar-refractivity contribution in [1.82, 2.24) is 10.2 Å². The first-order valence-corrected chi connectivity index (χ1v) is 6.60. The first-order valence-electron chi connectivity index (χ1n) is 6.60. The molecular formula is C12H23F3N2O2. The molecule has 0 aromatic heterocycles. The van der Waals surface area contributed by atoms with Crippen molar-refractivity contribution in [3.05, 3.63) is 0 Å². The minimum atomic E-state index is -4.09. The number of halogens is 3. The van der Waals surface area contributed by atoms with Gasteiger partial charge in [0.1, 0.15) is 0 Å². The molecule has 1 saturated heterocycles. The van der Waals surface area contributed by atoms with Crippen molar-refractivity contribution in [1.29, 1.82) is 0 Å². The maximum Gasteiger partial charge on any atom is 0.401 e. The zero-order valence-corrected chi connectivity index (χ0v) is 11.3. The Kier molecular flexibility index (Phi) is 7.67. The second kappa shape index (κ2) is 8.73. The Bertz CT molecular complexity index is 232. The molecule has 1 N–H and O–H groups in total. The number of likely N-dealkylation sites (tertiary alicyclic amines) is 1. The summed E-state index contributed by atoms with van der Waals surface area (Å²) in [6.07, 6.45) is -2.57. The molecule has 7 heteroatoms. The van der Waals surface area contributed by atoms with Crippen molar-refractivity contribution in [2.24, 2.45) is 0 Å². The van der Waals surface area contributed by atoms with E-state index in [-0.39, 0.29) is 0 Å². The van der Waals surface area contributed by atoms with E-state index in [9.17, 15) is 13.2 Å². The predicted molar refractivity (Wildman–Crippen MR) is 66.2 cm³/mol. The normalized spacial score (nSPS) is 18.9. The van der Waals surface area contributed by atoms with Gasteiger partial charge in [0, 0.05) is 19.7 Å². The Hall–Kier alpha value is -0.370. The van der Waals surface area contributed by atoms with Crippen LogP contribution in [-0.2, 0) is 9.47 Å². The third-order valence-corrected chi connectivity index (χ3v) is 3.10. The Balaban J connectivity index is 2.01. The first-order chi connectivity index (χ1) is 9.01. The van der Waals surface area contributed by atoms with E-state index < -0.39 is 12.7 Å². The van der Waals surface area contributed by atoms with Crippen LogP contribution in [0.3, 0.4) is 0 Å². The lowest BCUT2D eigenvalue weighted by Gasteiger charge is -2.32. The third-order valence-electron chi connectivity index (χ3n) is 3.10. The third kappa shape index (κ3) is 8.41. The van der Waals surface area contributed by atoms with Crippen LogP contribution >= 0.6 is 0 Å². The van der Waals surface area contributed by atoms with E-state index in [1.165, 1.54) is 4.90 Å². The Labute approximate surface area is 112 Å². The van der Waals surface area contributed by atoms with Crippen LogP contribution in [0.2, 0.25) is 0 Å². The van der Waals surface area contributed by atoms with Gasteiger partial charge in [0.15, 0.2) is 0 Å². The largest absolute Gasteiger partial charge is 0.401 e. The van der Waals surface area contributed by atoms with Crippen molar-refractivity contribution in [2.75, 3.05) is 53.1 Å². The Morgan fingerprint density at radius 1 is 1.16 bits per heavy atom. The molecule has 0 bridgehead atoms. The zero-order valence-electron chi connectivity index (χ0n) is 11.3. The quantitative estimate of drug-likeness (QED) is 0.681. The number of nitrogens with one attached hydrogen (secondary N) is 1. The summed E-state index contributed by atoms with van der Waals surface area (Å²) >= 11 is 0. The summed E-state index contributed by atoms with van der Waals surface area (Å²) < 4.78 is 46.8. The van der Waals surface area contributed by atoms with Gasteiger partial charge in [0.25, 0.3) is 0 Å². The number of hydrogen-bond donors (Lipinski definition) is 1. The molecule has 4 nitrogen and oxygen atoms in total. The smallest absolute Gasteiger partial charge is 0.382 e. The minimum absolute atomic E-state index is 0.301. The molecule has 1 aliphatic rings. The van der Waals surface area contributed by atoms with E-state index in [0.717, 1.165) is 19.4 Å². The van der Waals surface area contributed by atoms with Gasteiger partial charge in [-0.15, -0.1) is 0 Å². The molecule has 0 radical (unpaired) electrons. The molecule has 114 valence electrons. The fourth-order valence-corrected chi connectivity index (χ4v) is 2.13. The lowest BCUT2D eigenvalue weighted by Crippen LogP contribution is -2.46. The molecule has 0 saturated carbocycles. The van der Waals surface area contributed by atoms with Gasteiger partial charge in [-0.1, -0.05) is 0 Å². The maximum atomic E-state index is 12.2. The van der Waals surface area contributed by atoms with E-state index in [1.807, 2.05) is 0 Å². The lowest BCUT2D eigenvalue weighted by atomic mass is 10.1. The van der Waals surface area contributed by atoms with Crippen LogP contribution in [0.5, 0.6) is 0 Å². The zero-order chi connectivity index (χ0) is 14.1. The molecule has 0 unspecified atom stereocenters. The minimum Gasteiger partial charge on any atom is -0.382 e. The summed E-state index contributed by atoms with van der Waals surface area (Å²) in [6, 6.07) is 0.301. The second-order valence-electron chi connectivity index (χ2n) is 4.72. The van der Waals surface area contributed by atoms with Crippen LogP contribution in [0.15, 0.2) is 0 Å². The summed E-state index contributed by atoms with van der Waals surface area (Å²) in [5.74, 6) is 0. The molecule has 1 aliphatic heterocycles. The van der Waals surface area contributed by atoms with Gasteiger partial charge in [-0.25, -0.2) is 0 Å². The summed E-state index contributed by atoms with van der Waals surface area (Å²) in [5, 5.41) is 3.31. The standard InChI is InChI=1S/C12H23F3N2O2/c1-18-8-9-19-7-4-16-11-2-5-17(6-3-11)10-12(13,14)15/h11,16H,2-10H2,1H3. The van der Waals surface area contributed by atoms with Gasteiger partial charge in [0.2, 0.25) is 0 Å². The van der Waals surface area contributed by atoms with Crippen LogP contribution < -0.4 is 5.32 Å². The van der Waals surface area contributed by atoms with Gasteiger partial charge in [0.05, 0.1) is 26.4 Å².